The van der Waals surface area contributed by atoms with Gasteiger partial charge in [-0.1, -0.05) is 41.9 Å². The molecule has 2 rings (SSSR count). The maximum Gasteiger partial charge on any atom is 0.141 e. The zero-order chi connectivity index (χ0) is 15.1. The molecule has 0 aliphatic rings. The SMILES string of the molecule is CC(N)Cc1cccc(Cl)c1OCCSc1ccccc1. The van der Waals surface area contributed by atoms with E-state index in [1.165, 1.54) is 4.90 Å². The highest BCUT2D eigenvalue weighted by Gasteiger charge is 2.10. The summed E-state index contributed by atoms with van der Waals surface area (Å²) in [5, 5.41) is 0.651. The Morgan fingerprint density at radius 3 is 2.62 bits per heavy atom. The van der Waals surface area contributed by atoms with Crippen LogP contribution in [-0.2, 0) is 6.42 Å². The van der Waals surface area contributed by atoms with Crippen LogP contribution in [0.15, 0.2) is 53.4 Å². The van der Waals surface area contributed by atoms with Gasteiger partial charge in [0.15, 0.2) is 0 Å². The Morgan fingerprint density at radius 2 is 1.90 bits per heavy atom. The van der Waals surface area contributed by atoms with E-state index in [1.54, 1.807) is 11.8 Å². The highest BCUT2D eigenvalue weighted by atomic mass is 35.5. The molecule has 0 amide bonds. The van der Waals surface area contributed by atoms with E-state index in [9.17, 15) is 0 Å². The van der Waals surface area contributed by atoms with Gasteiger partial charge in [-0.05, 0) is 37.1 Å². The molecule has 0 bridgehead atoms. The van der Waals surface area contributed by atoms with E-state index in [-0.39, 0.29) is 6.04 Å². The summed E-state index contributed by atoms with van der Waals surface area (Å²) in [5.74, 6) is 1.65. The number of rotatable bonds is 7. The van der Waals surface area contributed by atoms with E-state index in [2.05, 4.69) is 12.1 Å². The van der Waals surface area contributed by atoms with Crippen LogP contribution in [0.25, 0.3) is 0 Å². The lowest BCUT2D eigenvalue weighted by molar-refractivity contribution is 0.339. The number of thioether (sulfide) groups is 1. The molecule has 0 saturated carbocycles. The fraction of sp³-hybridized carbons (Fsp3) is 0.294. The van der Waals surface area contributed by atoms with E-state index in [1.807, 2.05) is 43.3 Å². The summed E-state index contributed by atoms with van der Waals surface area (Å²) < 4.78 is 5.88. The number of benzene rings is 2. The van der Waals surface area contributed by atoms with Crippen LogP contribution in [0.3, 0.4) is 0 Å². The second-order valence-corrected chi connectivity index (χ2v) is 6.49. The fourth-order valence-corrected chi connectivity index (χ4v) is 3.04. The summed E-state index contributed by atoms with van der Waals surface area (Å²) in [6, 6.07) is 16.2. The molecule has 4 heteroatoms. The zero-order valence-corrected chi connectivity index (χ0v) is 13.7. The summed E-state index contributed by atoms with van der Waals surface area (Å²) in [7, 11) is 0. The number of ether oxygens (including phenoxy) is 1. The normalized spacial score (nSPS) is 12.1. The quantitative estimate of drug-likeness (QED) is 0.606. The second-order valence-electron chi connectivity index (χ2n) is 4.92. The highest BCUT2D eigenvalue weighted by Crippen LogP contribution is 2.30. The average Bonchev–Trinajstić information content (AvgIpc) is 2.46. The van der Waals surface area contributed by atoms with Gasteiger partial charge in [0.2, 0.25) is 0 Å². The Morgan fingerprint density at radius 1 is 1.14 bits per heavy atom. The lowest BCUT2D eigenvalue weighted by Crippen LogP contribution is -2.18. The lowest BCUT2D eigenvalue weighted by atomic mass is 10.1. The summed E-state index contributed by atoms with van der Waals surface area (Å²) >= 11 is 8.01. The van der Waals surface area contributed by atoms with Gasteiger partial charge in [0.1, 0.15) is 5.75 Å². The van der Waals surface area contributed by atoms with Gasteiger partial charge in [-0.25, -0.2) is 0 Å². The lowest BCUT2D eigenvalue weighted by Gasteiger charge is -2.14. The predicted octanol–water partition coefficient (Wildman–Crippen LogP) is 4.40. The number of para-hydroxylation sites is 1. The average molecular weight is 322 g/mol. The third kappa shape index (κ3) is 5.27. The van der Waals surface area contributed by atoms with E-state index >= 15 is 0 Å². The maximum absolute atomic E-state index is 6.24. The molecule has 0 aliphatic carbocycles. The van der Waals surface area contributed by atoms with Crippen molar-refractivity contribution in [3.8, 4) is 5.75 Å². The minimum absolute atomic E-state index is 0.0875. The van der Waals surface area contributed by atoms with E-state index < -0.39 is 0 Å². The van der Waals surface area contributed by atoms with Crippen molar-refractivity contribution in [1.82, 2.24) is 0 Å². The van der Waals surface area contributed by atoms with Crippen LogP contribution in [0.4, 0.5) is 0 Å². The third-order valence-electron chi connectivity index (χ3n) is 2.93. The molecule has 2 aromatic rings. The first kappa shape index (κ1) is 16.2. The topological polar surface area (TPSA) is 35.2 Å². The summed E-state index contributed by atoms with van der Waals surface area (Å²) in [4.78, 5) is 1.25. The molecule has 0 heterocycles. The van der Waals surface area contributed by atoms with E-state index in [0.717, 1.165) is 23.5 Å². The van der Waals surface area contributed by atoms with Crippen LogP contribution in [-0.4, -0.2) is 18.4 Å². The van der Waals surface area contributed by atoms with Gasteiger partial charge in [-0.15, -0.1) is 11.8 Å². The van der Waals surface area contributed by atoms with Crippen molar-refractivity contribution in [3.63, 3.8) is 0 Å². The molecule has 0 saturated heterocycles. The van der Waals surface area contributed by atoms with Crippen molar-refractivity contribution in [2.45, 2.75) is 24.3 Å². The van der Waals surface area contributed by atoms with Crippen molar-refractivity contribution in [2.75, 3.05) is 12.4 Å². The van der Waals surface area contributed by atoms with Crippen LogP contribution in [0.1, 0.15) is 12.5 Å². The summed E-state index contributed by atoms with van der Waals surface area (Å²) in [5.41, 5.74) is 6.94. The molecule has 1 unspecified atom stereocenters. The minimum atomic E-state index is 0.0875. The molecule has 0 fully saturated rings. The Bertz CT molecular complexity index is 560. The summed E-state index contributed by atoms with van der Waals surface area (Å²) in [6.07, 6.45) is 0.766. The molecule has 2 nitrogen and oxygen atoms in total. The minimum Gasteiger partial charge on any atom is -0.491 e. The van der Waals surface area contributed by atoms with Gasteiger partial charge >= 0.3 is 0 Å². The van der Waals surface area contributed by atoms with Gasteiger partial charge < -0.3 is 10.5 Å². The molecule has 0 radical (unpaired) electrons. The van der Waals surface area contributed by atoms with Gasteiger partial charge in [0.05, 0.1) is 11.6 Å². The molecule has 2 aromatic carbocycles. The van der Waals surface area contributed by atoms with Crippen LogP contribution in [0, 0.1) is 0 Å². The molecule has 0 aromatic heterocycles. The Balaban J connectivity index is 1.90. The first-order valence-corrected chi connectivity index (χ1v) is 8.37. The van der Waals surface area contributed by atoms with Crippen molar-refractivity contribution >= 4 is 23.4 Å². The smallest absolute Gasteiger partial charge is 0.141 e. The second kappa shape index (κ2) is 8.32. The zero-order valence-electron chi connectivity index (χ0n) is 12.1. The van der Waals surface area contributed by atoms with Crippen molar-refractivity contribution in [3.05, 3.63) is 59.1 Å². The molecular formula is C17H20ClNOS. The monoisotopic (exact) mass is 321 g/mol. The van der Waals surface area contributed by atoms with Crippen LogP contribution in [0.5, 0.6) is 5.75 Å². The van der Waals surface area contributed by atoms with Gasteiger partial charge in [-0.2, -0.15) is 0 Å². The largest absolute Gasteiger partial charge is 0.491 e. The Hall–Kier alpha value is -1.16. The van der Waals surface area contributed by atoms with Crippen LogP contribution < -0.4 is 10.5 Å². The Kier molecular flexibility index (Phi) is 6.43. The van der Waals surface area contributed by atoms with Gasteiger partial charge in [0.25, 0.3) is 0 Å². The number of hydrogen-bond acceptors (Lipinski definition) is 3. The standard InChI is InChI=1S/C17H20ClNOS/c1-13(19)12-14-6-5-9-16(18)17(14)20-10-11-21-15-7-3-2-4-8-15/h2-9,13H,10-12,19H2,1H3. The van der Waals surface area contributed by atoms with Crippen molar-refractivity contribution in [1.29, 1.82) is 0 Å². The molecule has 0 aliphatic heterocycles. The molecule has 21 heavy (non-hydrogen) atoms. The first-order valence-electron chi connectivity index (χ1n) is 7.00. The molecule has 2 N–H and O–H groups in total. The highest BCUT2D eigenvalue weighted by molar-refractivity contribution is 7.99. The fourth-order valence-electron chi connectivity index (χ4n) is 2.04. The van der Waals surface area contributed by atoms with E-state index in [4.69, 9.17) is 22.1 Å². The van der Waals surface area contributed by atoms with Crippen LogP contribution in [0.2, 0.25) is 5.02 Å². The van der Waals surface area contributed by atoms with Gasteiger partial charge in [-0.3, -0.25) is 0 Å². The summed E-state index contributed by atoms with van der Waals surface area (Å²) in [6.45, 7) is 2.60. The van der Waals surface area contributed by atoms with Crippen LogP contribution >= 0.6 is 23.4 Å². The molecule has 0 spiro atoms. The number of hydrogen-bond donors (Lipinski definition) is 1. The van der Waals surface area contributed by atoms with E-state index in [0.29, 0.717) is 11.6 Å². The molecule has 1 atom stereocenters. The number of halogens is 1. The Labute approximate surface area is 135 Å². The predicted molar refractivity (Wildman–Crippen MR) is 91.5 cm³/mol. The molecule has 112 valence electrons. The number of nitrogens with two attached hydrogens (primary N) is 1. The van der Waals surface area contributed by atoms with Gasteiger partial charge in [0, 0.05) is 16.7 Å². The maximum atomic E-state index is 6.24. The third-order valence-corrected chi connectivity index (χ3v) is 4.21. The first-order chi connectivity index (χ1) is 10.2. The van der Waals surface area contributed by atoms with Crippen molar-refractivity contribution < 1.29 is 4.74 Å². The molecular weight excluding hydrogens is 302 g/mol. The van der Waals surface area contributed by atoms with Crippen molar-refractivity contribution in [2.24, 2.45) is 5.73 Å².